The molecular weight excluding hydrogens is 379 g/mol. The Morgan fingerprint density at radius 3 is 2.80 bits per heavy atom. The lowest BCUT2D eigenvalue weighted by molar-refractivity contribution is 0.102. The van der Waals surface area contributed by atoms with Crippen molar-refractivity contribution in [2.75, 3.05) is 11.9 Å². The minimum absolute atomic E-state index is 0.257. The van der Waals surface area contributed by atoms with Crippen LogP contribution in [0.15, 0.2) is 36.4 Å². The van der Waals surface area contributed by atoms with Crippen LogP contribution in [-0.4, -0.2) is 17.5 Å². The summed E-state index contributed by atoms with van der Waals surface area (Å²) in [7, 11) is 0. The molecule has 1 amide bonds. The number of halogens is 2. The van der Waals surface area contributed by atoms with Gasteiger partial charge in [0, 0.05) is 5.56 Å². The van der Waals surface area contributed by atoms with E-state index in [9.17, 15) is 4.79 Å². The summed E-state index contributed by atoms with van der Waals surface area (Å²) in [5.41, 5.74) is 1.09. The lowest BCUT2D eigenvalue weighted by atomic mass is 10.2. The Balaban J connectivity index is 1.77. The number of carbonyl (C=O) groups is 1. The number of ether oxygens (including phenoxy) is 1. The molecule has 0 aliphatic heterocycles. The van der Waals surface area contributed by atoms with E-state index < -0.39 is 0 Å². The van der Waals surface area contributed by atoms with Crippen LogP contribution in [0.4, 0.5) is 5.13 Å². The van der Waals surface area contributed by atoms with Crippen molar-refractivity contribution in [3.8, 4) is 5.75 Å². The van der Waals surface area contributed by atoms with Gasteiger partial charge in [0.05, 0.1) is 21.4 Å². The highest BCUT2D eigenvalue weighted by atomic mass is 35.5. The van der Waals surface area contributed by atoms with E-state index in [1.54, 1.807) is 30.3 Å². The van der Waals surface area contributed by atoms with Crippen LogP contribution in [0.25, 0.3) is 10.2 Å². The molecule has 0 radical (unpaired) electrons. The fraction of sp³-hybridized carbons (Fsp3) is 0.222. The number of carbonyl (C=O) groups excluding carboxylic acids is 1. The van der Waals surface area contributed by atoms with Crippen LogP contribution in [0.2, 0.25) is 10.0 Å². The molecule has 130 valence electrons. The first kappa shape index (κ1) is 18.0. The molecule has 3 aromatic rings. The van der Waals surface area contributed by atoms with Crippen LogP contribution in [0.5, 0.6) is 5.75 Å². The second-order valence-corrected chi connectivity index (χ2v) is 7.22. The smallest absolute Gasteiger partial charge is 0.257 e. The maximum absolute atomic E-state index is 12.5. The molecule has 0 aliphatic rings. The molecule has 0 atom stereocenters. The van der Waals surface area contributed by atoms with Crippen LogP contribution < -0.4 is 10.1 Å². The van der Waals surface area contributed by atoms with E-state index in [-0.39, 0.29) is 5.91 Å². The molecule has 0 spiro atoms. The molecule has 1 heterocycles. The van der Waals surface area contributed by atoms with Gasteiger partial charge in [-0.3, -0.25) is 10.1 Å². The third-order valence-electron chi connectivity index (χ3n) is 3.53. The van der Waals surface area contributed by atoms with Crippen molar-refractivity contribution in [1.82, 2.24) is 4.98 Å². The van der Waals surface area contributed by atoms with E-state index in [0.29, 0.717) is 38.6 Å². The van der Waals surface area contributed by atoms with Gasteiger partial charge >= 0.3 is 0 Å². The summed E-state index contributed by atoms with van der Waals surface area (Å²) in [5, 5.41) is 4.30. The van der Waals surface area contributed by atoms with Gasteiger partial charge in [-0.05, 0) is 36.8 Å². The Kier molecular flexibility index (Phi) is 5.78. The molecule has 1 aromatic heterocycles. The number of nitrogens with one attached hydrogen (secondary N) is 1. The highest BCUT2D eigenvalue weighted by molar-refractivity contribution is 7.23. The number of benzene rings is 2. The molecule has 0 unspecified atom stereocenters. The van der Waals surface area contributed by atoms with Crippen molar-refractivity contribution < 1.29 is 9.53 Å². The van der Waals surface area contributed by atoms with Gasteiger partial charge in [-0.15, -0.1) is 0 Å². The highest BCUT2D eigenvalue weighted by Gasteiger charge is 2.14. The van der Waals surface area contributed by atoms with Crippen LogP contribution in [-0.2, 0) is 0 Å². The minimum atomic E-state index is -0.257. The largest absolute Gasteiger partial charge is 0.494 e. The summed E-state index contributed by atoms with van der Waals surface area (Å²) in [6.07, 6.45) is 2.03. The van der Waals surface area contributed by atoms with E-state index in [1.807, 2.05) is 6.07 Å². The number of unbranched alkanes of at least 4 members (excludes halogenated alkanes) is 1. The van der Waals surface area contributed by atoms with Crippen LogP contribution in [0.3, 0.4) is 0 Å². The van der Waals surface area contributed by atoms with E-state index in [2.05, 4.69) is 17.2 Å². The number of rotatable bonds is 6. The van der Waals surface area contributed by atoms with Crippen molar-refractivity contribution in [2.45, 2.75) is 19.8 Å². The van der Waals surface area contributed by atoms with E-state index in [4.69, 9.17) is 27.9 Å². The number of anilines is 1. The summed E-state index contributed by atoms with van der Waals surface area (Å²) in [4.78, 5) is 16.8. The molecule has 3 rings (SSSR count). The molecule has 25 heavy (non-hydrogen) atoms. The Hall–Kier alpha value is -1.82. The number of thiazole rings is 1. The quantitative estimate of drug-likeness (QED) is 0.518. The second kappa shape index (κ2) is 8.04. The van der Waals surface area contributed by atoms with Crippen LogP contribution in [0, 0.1) is 0 Å². The summed E-state index contributed by atoms with van der Waals surface area (Å²) in [6, 6.07) is 10.5. The molecule has 0 bridgehead atoms. The predicted octanol–water partition coefficient (Wildman–Crippen LogP) is 6.03. The third-order valence-corrected chi connectivity index (χ3v) is 5.27. The summed E-state index contributed by atoms with van der Waals surface area (Å²) < 4.78 is 6.39. The van der Waals surface area contributed by atoms with Gasteiger partial charge in [0.1, 0.15) is 11.3 Å². The van der Waals surface area contributed by atoms with E-state index >= 15 is 0 Å². The number of fused-ring (bicyclic) bond motifs is 1. The maximum Gasteiger partial charge on any atom is 0.257 e. The summed E-state index contributed by atoms with van der Waals surface area (Å²) in [5.74, 6) is 0.420. The average molecular weight is 395 g/mol. The second-order valence-electron chi connectivity index (χ2n) is 5.41. The van der Waals surface area contributed by atoms with Crippen molar-refractivity contribution in [2.24, 2.45) is 0 Å². The first-order valence-electron chi connectivity index (χ1n) is 7.87. The van der Waals surface area contributed by atoms with Crippen molar-refractivity contribution >= 4 is 55.8 Å². The van der Waals surface area contributed by atoms with Crippen molar-refractivity contribution in [1.29, 1.82) is 0 Å². The number of amides is 1. The van der Waals surface area contributed by atoms with Gasteiger partial charge in [0.2, 0.25) is 0 Å². The highest BCUT2D eigenvalue weighted by Crippen LogP contribution is 2.36. The predicted molar refractivity (Wildman–Crippen MR) is 104 cm³/mol. The molecule has 2 aromatic carbocycles. The fourth-order valence-electron chi connectivity index (χ4n) is 2.23. The Morgan fingerprint density at radius 1 is 1.24 bits per heavy atom. The first-order chi connectivity index (χ1) is 12.1. The standard InChI is InChI=1S/C18H16Cl2N2O2S/c1-2-3-9-24-12-6-4-5-11(10-12)17(23)22-18-21-15-13(19)7-8-14(20)16(15)25-18/h4-8,10H,2-3,9H2,1H3,(H,21,22,23). The lowest BCUT2D eigenvalue weighted by Gasteiger charge is -2.07. The Morgan fingerprint density at radius 2 is 2.04 bits per heavy atom. The molecule has 1 N–H and O–H groups in total. The lowest BCUT2D eigenvalue weighted by Crippen LogP contribution is -2.11. The SMILES string of the molecule is CCCCOc1cccc(C(=O)Nc2nc3c(Cl)ccc(Cl)c3s2)c1. The molecule has 0 fully saturated rings. The van der Waals surface area contributed by atoms with Gasteiger partial charge in [-0.2, -0.15) is 0 Å². The topological polar surface area (TPSA) is 51.2 Å². The van der Waals surface area contributed by atoms with E-state index in [1.165, 1.54) is 11.3 Å². The molecule has 0 aliphatic carbocycles. The van der Waals surface area contributed by atoms with Crippen molar-refractivity contribution in [3.63, 3.8) is 0 Å². The van der Waals surface area contributed by atoms with Gasteiger partial charge < -0.3 is 4.74 Å². The number of aromatic nitrogens is 1. The Bertz CT molecular complexity index is 872. The average Bonchev–Trinajstić information content (AvgIpc) is 3.04. The van der Waals surface area contributed by atoms with Gasteiger partial charge in [0.25, 0.3) is 5.91 Å². The molecule has 0 saturated carbocycles. The van der Waals surface area contributed by atoms with Gasteiger partial charge in [-0.1, -0.05) is 53.9 Å². The summed E-state index contributed by atoms with van der Waals surface area (Å²) in [6.45, 7) is 2.74. The zero-order valence-electron chi connectivity index (χ0n) is 13.5. The summed E-state index contributed by atoms with van der Waals surface area (Å²) >= 11 is 13.6. The first-order valence-corrected chi connectivity index (χ1v) is 9.44. The molecule has 4 nitrogen and oxygen atoms in total. The fourth-order valence-corrected chi connectivity index (χ4v) is 3.64. The van der Waals surface area contributed by atoms with Gasteiger partial charge in [-0.25, -0.2) is 4.98 Å². The Labute approximate surface area is 159 Å². The normalized spacial score (nSPS) is 10.8. The minimum Gasteiger partial charge on any atom is -0.494 e. The van der Waals surface area contributed by atoms with Gasteiger partial charge in [0.15, 0.2) is 5.13 Å². The number of hydrogen-bond acceptors (Lipinski definition) is 4. The number of nitrogens with zero attached hydrogens (tertiary/aromatic N) is 1. The zero-order chi connectivity index (χ0) is 17.8. The van der Waals surface area contributed by atoms with E-state index in [0.717, 1.165) is 17.5 Å². The number of hydrogen-bond donors (Lipinski definition) is 1. The zero-order valence-corrected chi connectivity index (χ0v) is 15.8. The third kappa shape index (κ3) is 4.24. The molecule has 0 saturated heterocycles. The van der Waals surface area contributed by atoms with Crippen LogP contribution in [0.1, 0.15) is 30.1 Å². The monoisotopic (exact) mass is 394 g/mol. The maximum atomic E-state index is 12.5. The molecule has 7 heteroatoms. The van der Waals surface area contributed by atoms with Crippen molar-refractivity contribution in [3.05, 3.63) is 52.0 Å². The van der Waals surface area contributed by atoms with Crippen LogP contribution >= 0.6 is 34.5 Å². The molecular formula is C18H16Cl2N2O2S.